The second-order valence-electron chi connectivity index (χ2n) is 7.94. The molecule has 1 aromatic rings. The molecule has 4 amide bonds. The van der Waals surface area contributed by atoms with Gasteiger partial charge < -0.3 is 47.7 Å². The number of amides is 4. The summed E-state index contributed by atoms with van der Waals surface area (Å²) in [5.74, 6) is -8.17. The van der Waals surface area contributed by atoms with E-state index in [-0.39, 0.29) is 19.3 Å². The molecule has 37 heavy (non-hydrogen) atoms. The van der Waals surface area contributed by atoms with Crippen molar-refractivity contribution >= 4 is 41.5 Å². The number of aliphatic carboxylic acids is 3. The molecule has 0 aliphatic heterocycles. The molecule has 0 bridgehead atoms. The molecule has 0 saturated heterocycles. The van der Waals surface area contributed by atoms with Crippen LogP contribution in [0.4, 0.5) is 0 Å². The number of imidazole rings is 1. The summed E-state index contributed by atoms with van der Waals surface area (Å²) in [5, 5.41) is 34.0. The van der Waals surface area contributed by atoms with Crippen LogP contribution in [0.1, 0.15) is 37.8 Å². The number of carbonyl (C=O) groups is 7. The van der Waals surface area contributed by atoms with Crippen molar-refractivity contribution in [2.45, 2.75) is 62.7 Å². The van der Waals surface area contributed by atoms with Gasteiger partial charge in [-0.25, -0.2) is 9.78 Å². The number of carbonyl (C=O) groups excluding carboxylic acids is 4. The Morgan fingerprint density at radius 2 is 1.43 bits per heavy atom. The second kappa shape index (κ2) is 14.8. The number of nitrogens with two attached hydrogens (primary N) is 2. The summed E-state index contributed by atoms with van der Waals surface area (Å²) in [5.41, 5.74) is 11.0. The zero-order valence-electron chi connectivity index (χ0n) is 19.5. The predicted molar refractivity (Wildman–Crippen MR) is 121 cm³/mol. The number of nitrogens with zero attached hydrogens (tertiary/aromatic N) is 1. The van der Waals surface area contributed by atoms with Gasteiger partial charge in [0.1, 0.15) is 18.1 Å². The van der Waals surface area contributed by atoms with Gasteiger partial charge in [0.15, 0.2) is 0 Å². The molecule has 1 rings (SSSR count). The molecule has 204 valence electrons. The number of hydrogen-bond acceptors (Lipinski definition) is 9. The molecule has 0 aliphatic rings. The maximum Gasteiger partial charge on any atom is 0.326 e. The van der Waals surface area contributed by atoms with E-state index in [2.05, 4.69) is 25.9 Å². The number of carboxylic acid groups (broad SMARTS) is 3. The van der Waals surface area contributed by atoms with Gasteiger partial charge in [0.2, 0.25) is 23.6 Å². The van der Waals surface area contributed by atoms with Crippen molar-refractivity contribution in [3.05, 3.63) is 18.2 Å². The third kappa shape index (κ3) is 11.6. The summed E-state index contributed by atoms with van der Waals surface area (Å²) in [6.45, 7) is 0. The minimum absolute atomic E-state index is 0.181. The van der Waals surface area contributed by atoms with E-state index in [4.69, 9.17) is 21.7 Å². The fraction of sp³-hybridized carbons (Fsp3) is 0.500. The van der Waals surface area contributed by atoms with E-state index in [0.29, 0.717) is 5.69 Å². The molecule has 0 fully saturated rings. The van der Waals surface area contributed by atoms with Gasteiger partial charge in [-0.2, -0.15) is 0 Å². The fourth-order valence-electron chi connectivity index (χ4n) is 2.99. The molecular formula is C20H29N7O10. The quantitative estimate of drug-likeness (QED) is 0.0950. The zero-order chi connectivity index (χ0) is 28.1. The van der Waals surface area contributed by atoms with Crippen molar-refractivity contribution in [2.75, 3.05) is 0 Å². The normalized spacial score (nSPS) is 13.9. The molecule has 1 aromatic heterocycles. The average molecular weight is 527 g/mol. The van der Waals surface area contributed by atoms with Gasteiger partial charge >= 0.3 is 17.9 Å². The van der Waals surface area contributed by atoms with Crippen LogP contribution in [0.5, 0.6) is 0 Å². The third-order valence-corrected chi connectivity index (χ3v) is 4.92. The van der Waals surface area contributed by atoms with Gasteiger partial charge in [-0.1, -0.05) is 0 Å². The summed E-state index contributed by atoms with van der Waals surface area (Å²) >= 11 is 0. The van der Waals surface area contributed by atoms with Crippen LogP contribution in [-0.4, -0.2) is 91.0 Å². The van der Waals surface area contributed by atoms with Crippen LogP contribution >= 0.6 is 0 Å². The number of primary amides is 1. The van der Waals surface area contributed by atoms with Gasteiger partial charge in [0, 0.05) is 31.2 Å². The van der Waals surface area contributed by atoms with Crippen LogP contribution in [-0.2, 0) is 40.0 Å². The molecule has 0 radical (unpaired) electrons. The van der Waals surface area contributed by atoms with Crippen molar-refractivity contribution in [1.82, 2.24) is 25.9 Å². The fourth-order valence-corrected chi connectivity index (χ4v) is 2.99. The van der Waals surface area contributed by atoms with Gasteiger partial charge in [0.25, 0.3) is 0 Å². The average Bonchev–Trinajstić information content (AvgIpc) is 3.31. The number of aromatic nitrogens is 2. The topological polar surface area (TPSA) is 297 Å². The first kappa shape index (κ1) is 30.5. The molecule has 4 unspecified atom stereocenters. The number of aromatic amines is 1. The van der Waals surface area contributed by atoms with E-state index in [1.165, 1.54) is 12.5 Å². The lowest BCUT2D eigenvalue weighted by Crippen LogP contribution is -2.57. The first-order valence-electron chi connectivity index (χ1n) is 10.9. The van der Waals surface area contributed by atoms with Crippen molar-refractivity contribution in [1.29, 1.82) is 0 Å². The van der Waals surface area contributed by atoms with Crippen LogP contribution < -0.4 is 27.4 Å². The lowest BCUT2D eigenvalue weighted by molar-refractivity contribution is -0.143. The number of H-pyrrole nitrogens is 1. The van der Waals surface area contributed by atoms with Gasteiger partial charge in [-0.05, 0) is 12.8 Å². The SMILES string of the molecule is NC(=O)CCC(N)C(=O)NC(CC(=O)O)C(=O)NC(CCC(=O)O)C(=O)NC(Cc1cnc[nH]1)C(=O)O. The van der Waals surface area contributed by atoms with Gasteiger partial charge in [-0.15, -0.1) is 0 Å². The summed E-state index contributed by atoms with van der Waals surface area (Å²) in [6.07, 6.45) is -0.0156. The summed E-state index contributed by atoms with van der Waals surface area (Å²) < 4.78 is 0. The Hall–Kier alpha value is -4.54. The summed E-state index contributed by atoms with van der Waals surface area (Å²) in [7, 11) is 0. The molecule has 1 heterocycles. The van der Waals surface area contributed by atoms with Crippen molar-refractivity contribution < 1.29 is 48.9 Å². The van der Waals surface area contributed by atoms with Crippen LogP contribution in [0, 0.1) is 0 Å². The zero-order valence-corrected chi connectivity index (χ0v) is 19.5. The Kier molecular flexibility index (Phi) is 12.2. The molecule has 11 N–H and O–H groups in total. The van der Waals surface area contributed by atoms with Crippen molar-refractivity contribution in [3.63, 3.8) is 0 Å². The van der Waals surface area contributed by atoms with Crippen LogP contribution in [0.3, 0.4) is 0 Å². The lowest BCUT2D eigenvalue weighted by atomic mass is 10.1. The van der Waals surface area contributed by atoms with E-state index >= 15 is 0 Å². The van der Waals surface area contributed by atoms with Crippen LogP contribution in [0.15, 0.2) is 12.5 Å². The van der Waals surface area contributed by atoms with Crippen molar-refractivity contribution in [2.24, 2.45) is 11.5 Å². The summed E-state index contributed by atoms with van der Waals surface area (Å²) in [6, 6.07) is -6.11. The Morgan fingerprint density at radius 1 is 0.838 bits per heavy atom. The number of nitrogens with one attached hydrogen (secondary N) is 4. The Bertz CT molecular complexity index is 998. The van der Waals surface area contributed by atoms with Crippen LogP contribution in [0.25, 0.3) is 0 Å². The highest BCUT2D eigenvalue weighted by atomic mass is 16.4. The van der Waals surface area contributed by atoms with Gasteiger partial charge in [-0.3, -0.25) is 28.8 Å². The van der Waals surface area contributed by atoms with E-state index in [9.17, 15) is 38.7 Å². The minimum Gasteiger partial charge on any atom is -0.481 e. The molecule has 0 aromatic carbocycles. The van der Waals surface area contributed by atoms with Gasteiger partial charge in [0.05, 0.1) is 18.8 Å². The smallest absolute Gasteiger partial charge is 0.326 e. The van der Waals surface area contributed by atoms with E-state index < -0.39 is 85.0 Å². The van der Waals surface area contributed by atoms with E-state index in [0.717, 1.165) is 0 Å². The highest BCUT2D eigenvalue weighted by molar-refractivity contribution is 5.95. The van der Waals surface area contributed by atoms with Crippen molar-refractivity contribution in [3.8, 4) is 0 Å². The first-order chi connectivity index (χ1) is 17.3. The standard InChI is InChI=1S/C20H29N7O10/c21-10(1-3-14(22)28)17(33)26-12(6-16(31)32)19(35)25-11(2-4-15(29)30)18(34)27-13(20(36)37)5-9-7-23-8-24-9/h7-8,10-13H,1-6,21H2,(H2,22,28)(H,23,24)(H,25,35)(H,26,33)(H,27,34)(H,29,30)(H,31,32)(H,36,37). The van der Waals surface area contributed by atoms with E-state index in [1.54, 1.807) is 0 Å². The Balaban J connectivity index is 3.00. The largest absolute Gasteiger partial charge is 0.481 e. The molecule has 17 nitrogen and oxygen atoms in total. The summed E-state index contributed by atoms with van der Waals surface area (Å²) in [4.78, 5) is 89.0. The third-order valence-electron chi connectivity index (χ3n) is 4.92. The predicted octanol–water partition coefficient (Wildman–Crippen LogP) is -3.58. The Morgan fingerprint density at radius 3 is 1.95 bits per heavy atom. The highest BCUT2D eigenvalue weighted by Gasteiger charge is 2.32. The second-order valence-corrected chi connectivity index (χ2v) is 7.94. The highest BCUT2D eigenvalue weighted by Crippen LogP contribution is 2.05. The molecule has 0 spiro atoms. The monoisotopic (exact) mass is 527 g/mol. The van der Waals surface area contributed by atoms with Crippen LogP contribution in [0.2, 0.25) is 0 Å². The molecule has 0 aliphatic carbocycles. The molecule has 4 atom stereocenters. The maximum atomic E-state index is 12.8. The Labute approximate surface area is 209 Å². The number of hydrogen-bond donors (Lipinski definition) is 9. The number of rotatable bonds is 17. The molecule has 0 saturated carbocycles. The molecule has 17 heteroatoms. The van der Waals surface area contributed by atoms with E-state index in [1.807, 2.05) is 0 Å². The first-order valence-corrected chi connectivity index (χ1v) is 10.9. The maximum absolute atomic E-state index is 12.8. The minimum atomic E-state index is -1.73. The number of carboxylic acids is 3. The molecular weight excluding hydrogens is 498 g/mol. The lowest BCUT2D eigenvalue weighted by Gasteiger charge is -2.24.